The molecule has 0 aliphatic heterocycles. The Morgan fingerprint density at radius 2 is 2.05 bits per heavy atom. The molecule has 0 radical (unpaired) electrons. The Balaban J connectivity index is 2.63. The maximum absolute atomic E-state index is 9.30. The molecule has 0 aliphatic rings. The summed E-state index contributed by atoms with van der Waals surface area (Å²) in [7, 11) is 0. The molecule has 0 fully saturated rings. The predicted molar refractivity (Wildman–Crippen MR) is 87.9 cm³/mol. The minimum absolute atomic E-state index is 0.649. The van der Waals surface area contributed by atoms with Crippen molar-refractivity contribution in [2.75, 3.05) is 12.3 Å². The lowest BCUT2D eigenvalue weighted by Gasteiger charge is -2.11. The first kappa shape index (κ1) is 17.1. The Labute approximate surface area is 128 Å². The van der Waals surface area contributed by atoms with Gasteiger partial charge in [-0.15, -0.1) is 11.8 Å². The normalized spacial score (nSPS) is 12.4. The van der Waals surface area contributed by atoms with Crippen LogP contribution in [0.15, 0.2) is 23.1 Å². The summed E-state index contributed by atoms with van der Waals surface area (Å²) in [5.74, 6) is 2.42. The second-order valence-corrected chi connectivity index (χ2v) is 6.85. The van der Waals surface area contributed by atoms with Crippen molar-refractivity contribution in [2.24, 2.45) is 11.8 Å². The van der Waals surface area contributed by atoms with Crippen LogP contribution in [-0.4, -0.2) is 12.3 Å². The number of nitriles is 1. The Bertz CT molecular complexity index is 449. The number of nitrogens with zero attached hydrogens (tertiary/aromatic N) is 1. The van der Waals surface area contributed by atoms with Crippen LogP contribution in [0.25, 0.3) is 0 Å². The first-order valence-corrected chi connectivity index (χ1v) is 8.41. The summed E-state index contributed by atoms with van der Waals surface area (Å²) in [6.07, 6.45) is 1.19. The van der Waals surface area contributed by atoms with Gasteiger partial charge in [-0.3, -0.25) is 0 Å². The molecule has 110 valence electrons. The largest absolute Gasteiger partial charge is 0.312 e. The average Bonchev–Trinajstić information content (AvgIpc) is 2.44. The molecule has 0 bridgehead atoms. The topological polar surface area (TPSA) is 35.8 Å². The molecule has 1 rings (SSSR count). The Kier molecular flexibility index (Phi) is 7.72. The van der Waals surface area contributed by atoms with Crippen molar-refractivity contribution in [3.8, 4) is 6.07 Å². The van der Waals surface area contributed by atoms with Gasteiger partial charge in [-0.25, -0.2) is 0 Å². The molecular formula is C17H26N2S. The van der Waals surface area contributed by atoms with E-state index in [1.807, 2.05) is 6.07 Å². The third-order valence-corrected chi connectivity index (χ3v) is 4.67. The van der Waals surface area contributed by atoms with Crippen LogP contribution in [0.3, 0.4) is 0 Å². The number of nitrogens with one attached hydrogen (secondary N) is 1. The number of hydrogen-bond donors (Lipinski definition) is 1. The van der Waals surface area contributed by atoms with E-state index in [9.17, 15) is 5.26 Å². The Morgan fingerprint density at radius 1 is 1.30 bits per heavy atom. The van der Waals surface area contributed by atoms with Gasteiger partial charge in [-0.2, -0.15) is 5.26 Å². The molecule has 3 heteroatoms. The fourth-order valence-corrected chi connectivity index (χ4v) is 2.88. The van der Waals surface area contributed by atoms with Gasteiger partial charge in [0.2, 0.25) is 0 Å². The van der Waals surface area contributed by atoms with E-state index in [0.29, 0.717) is 11.8 Å². The second-order valence-electron chi connectivity index (χ2n) is 5.79. The molecule has 1 N–H and O–H groups in total. The SMILES string of the molecule is CCC(C)CSc1ccc(CNCC(C)C)cc1C#N. The van der Waals surface area contributed by atoms with Crippen LogP contribution in [0.4, 0.5) is 0 Å². The fraction of sp³-hybridized carbons (Fsp3) is 0.588. The van der Waals surface area contributed by atoms with Crippen molar-refractivity contribution < 1.29 is 0 Å². The van der Waals surface area contributed by atoms with Crippen LogP contribution >= 0.6 is 11.8 Å². The number of rotatable bonds is 8. The number of hydrogen-bond acceptors (Lipinski definition) is 3. The van der Waals surface area contributed by atoms with Gasteiger partial charge in [-0.1, -0.05) is 40.2 Å². The number of benzene rings is 1. The van der Waals surface area contributed by atoms with Gasteiger partial charge in [0.1, 0.15) is 6.07 Å². The second kappa shape index (κ2) is 9.05. The summed E-state index contributed by atoms with van der Waals surface area (Å²) < 4.78 is 0. The van der Waals surface area contributed by atoms with E-state index >= 15 is 0 Å². The monoisotopic (exact) mass is 290 g/mol. The van der Waals surface area contributed by atoms with E-state index < -0.39 is 0 Å². The predicted octanol–water partition coefficient (Wildman–Crippen LogP) is 4.44. The van der Waals surface area contributed by atoms with Crippen LogP contribution in [-0.2, 0) is 6.54 Å². The minimum atomic E-state index is 0.649. The lowest BCUT2D eigenvalue weighted by atomic mass is 10.1. The van der Waals surface area contributed by atoms with E-state index in [1.54, 1.807) is 11.8 Å². The first-order valence-electron chi connectivity index (χ1n) is 7.43. The first-order chi connectivity index (χ1) is 9.56. The molecule has 1 aromatic carbocycles. The molecule has 0 spiro atoms. The smallest absolute Gasteiger partial charge is 0.100 e. The van der Waals surface area contributed by atoms with Crippen LogP contribution in [0.5, 0.6) is 0 Å². The highest BCUT2D eigenvalue weighted by molar-refractivity contribution is 7.99. The van der Waals surface area contributed by atoms with Gasteiger partial charge in [0, 0.05) is 17.2 Å². The molecule has 0 saturated carbocycles. The molecule has 20 heavy (non-hydrogen) atoms. The van der Waals surface area contributed by atoms with Gasteiger partial charge in [0.15, 0.2) is 0 Å². The van der Waals surface area contributed by atoms with Crippen LogP contribution < -0.4 is 5.32 Å². The van der Waals surface area contributed by atoms with E-state index in [2.05, 4.69) is 51.2 Å². The van der Waals surface area contributed by atoms with E-state index in [0.717, 1.165) is 29.3 Å². The Hall–Kier alpha value is -0.980. The minimum Gasteiger partial charge on any atom is -0.312 e. The molecule has 1 aromatic rings. The highest BCUT2D eigenvalue weighted by atomic mass is 32.2. The van der Waals surface area contributed by atoms with Crippen molar-refractivity contribution in [1.82, 2.24) is 5.32 Å². The van der Waals surface area contributed by atoms with Gasteiger partial charge in [-0.05, 0) is 36.1 Å². The molecule has 0 aliphatic carbocycles. The van der Waals surface area contributed by atoms with Crippen molar-refractivity contribution in [3.63, 3.8) is 0 Å². The molecule has 2 nitrogen and oxygen atoms in total. The highest BCUT2D eigenvalue weighted by Crippen LogP contribution is 2.26. The third-order valence-electron chi connectivity index (χ3n) is 3.27. The van der Waals surface area contributed by atoms with E-state index in [1.165, 1.54) is 12.0 Å². The third kappa shape index (κ3) is 5.98. The molecule has 0 amide bonds. The standard InChI is InChI=1S/C17H26N2S/c1-5-14(4)12-20-17-7-6-15(8-16(17)9-18)11-19-10-13(2)3/h6-8,13-14,19H,5,10-12H2,1-4H3. The fourth-order valence-electron chi connectivity index (χ4n) is 1.76. The Morgan fingerprint density at radius 3 is 2.65 bits per heavy atom. The maximum Gasteiger partial charge on any atom is 0.100 e. The van der Waals surface area contributed by atoms with Crippen molar-refractivity contribution >= 4 is 11.8 Å². The van der Waals surface area contributed by atoms with Gasteiger partial charge < -0.3 is 5.32 Å². The zero-order valence-electron chi connectivity index (χ0n) is 13.1. The zero-order chi connectivity index (χ0) is 15.0. The molecule has 1 unspecified atom stereocenters. The van der Waals surface area contributed by atoms with Gasteiger partial charge >= 0.3 is 0 Å². The van der Waals surface area contributed by atoms with Crippen molar-refractivity contribution in [2.45, 2.75) is 45.6 Å². The lowest BCUT2D eigenvalue weighted by molar-refractivity contribution is 0.552. The molecular weight excluding hydrogens is 264 g/mol. The quantitative estimate of drug-likeness (QED) is 0.719. The molecule has 0 aromatic heterocycles. The summed E-state index contributed by atoms with van der Waals surface area (Å²) in [6, 6.07) is 8.58. The summed E-state index contributed by atoms with van der Waals surface area (Å²) in [5.41, 5.74) is 2.00. The van der Waals surface area contributed by atoms with E-state index in [-0.39, 0.29) is 0 Å². The molecule has 0 saturated heterocycles. The molecule has 0 heterocycles. The van der Waals surface area contributed by atoms with Gasteiger partial charge in [0.05, 0.1) is 5.56 Å². The summed E-state index contributed by atoms with van der Waals surface area (Å²) >= 11 is 1.80. The molecule has 1 atom stereocenters. The maximum atomic E-state index is 9.30. The number of thioether (sulfide) groups is 1. The summed E-state index contributed by atoms with van der Waals surface area (Å²) in [4.78, 5) is 1.11. The zero-order valence-corrected chi connectivity index (χ0v) is 13.9. The highest BCUT2D eigenvalue weighted by Gasteiger charge is 2.07. The van der Waals surface area contributed by atoms with Crippen LogP contribution in [0.1, 0.15) is 45.2 Å². The van der Waals surface area contributed by atoms with Crippen molar-refractivity contribution in [3.05, 3.63) is 29.3 Å². The van der Waals surface area contributed by atoms with Crippen LogP contribution in [0, 0.1) is 23.2 Å². The lowest BCUT2D eigenvalue weighted by Crippen LogP contribution is -2.18. The van der Waals surface area contributed by atoms with Gasteiger partial charge in [0.25, 0.3) is 0 Å². The summed E-state index contributed by atoms with van der Waals surface area (Å²) in [5, 5.41) is 12.7. The van der Waals surface area contributed by atoms with Crippen molar-refractivity contribution in [1.29, 1.82) is 5.26 Å². The van der Waals surface area contributed by atoms with Crippen LogP contribution in [0.2, 0.25) is 0 Å². The van der Waals surface area contributed by atoms with E-state index in [4.69, 9.17) is 0 Å². The average molecular weight is 290 g/mol. The summed E-state index contributed by atoms with van der Waals surface area (Å²) in [6.45, 7) is 10.7.